The SMILES string of the molecule is CNC(Cc1nnn(C)n1)c1cc(C)c(Br)c(C)c1. The average Bonchev–Trinajstić information content (AvgIpc) is 2.78. The predicted octanol–water partition coefficient (Wildman–Crippen LogP) is 2.09. The maximum absolute atomic E-state index is 4.23. The number of nitrogens with one attached hydrogen (secondary N) is 1. The number of nitrogens with zero attached hydrogens (tertiary/aromatic N) is 4. The Balaban J connectivity index is 2.27. The van der Waals surface area contributed by atoms with Gasteiger partial charge in [-0.1, -0.05) is 28.1 Å². The number of aromatic nitrogens is 4. The smallest absolute Gasteiger partial charge is 0.176 e. The third-order valence-corrected chi connectivity index (χ3v) is 4.40. The van der Waals surface area contributed by atoms with Gasteiger partial charge in [0.1, 0.15) is 0 Å². The van der Waals surface area contributed by atoms with Crippen LogP contribution in [0.2, 0.25) is 0 Å². The summed E-state index contributed by atoms with van der Waals surface area (Å²) in [5, 5.41) is 15.5. The molecule has 6 heteroatoms. The van der Waals surface area contributed by atoms with E-state index in [0.717, 1.165) is 12.2 Å². The zero-order valence-electron chi connectivity index (χ0n) is 11.6. The summed E-state index contributed by atoms with van der Waals surface area (Å²) >= 11 is 3.60. The Morgan fingerprint density at radius 3 is 2.42 bits per heavy atom. The Morgan fingerprint density at radius 1 is 1.32 bits per heavy atom. The first-order valence-electron chi connectivity index (χ1n) is 6.18. The van der Waals surface area contributed by atoms with E-state index in [1.54, 1.807) is 7.05 Å². The summed E-state index contributed by atoms with van der Waals surface area (Å²) < 4.78 is 1.17. The van der Waals surface area contributed by atoms with Crippen LogP contribution in [0.1, 0.15) is 28.6 Å². The van der Waals surface area contributed by atoms with Gasteiger partial charge in [0, 0.05) is 16.9 Å². The first kappa shape index (κ1) is 14.1. The van der Waals surface area contributed by atoms with Gasteiger partial charge >= 0.3 is 0 Å². The van der Waals surface area contributed by atoms with Crippen LogP contribution in [-0.2, 0) is 13.5 Å². The standard InChI is InChI=1S/C13H18BrN5/c1-8-5-10(6-9(2)13(8)14)11(15-3)7-12-16-18-19(4)17-12/h5-6,11,15H,7H2,1-4H3. The quantitative estimate of drug-likeness (QED) is 0.936. The second-order valence-electron chi connectivity index (χ2n) is 4.71. The highest BCUT2D eigenvalue weighted by molar-refractivity contribution is 9.10. The van der Waals surface area contributed by atoms with E-state index < -0.39 is 0 Å². The van der Waals surface area contributed by atoms with Crippen molar-refractivity contribution in [3.63, 3.8) is 0 Å². The Labute approximate surface area is 121 Å². The molecule has 0 fully saturated rings. The van der Waals surface area contributed by atoms with Crippen molar-refractivity contribution in [2.45, 2.75) is 26.3 Å². The lowest BCUT2D eigenvalue weighted by molar-refractivity contribution is 0.569. The van der Waals surface area contributed by atoms with E-state index >= 15 is 0 Å². The molecule has 1 aromatic carbocycles. The topological polar surface area (TPSA) is 55.6 Å². The molecule has 0 amide bonds. The number of halogens is 1. The Morgan fingerprint density at radius 2 is 1.95 bits per heavy atom. The molecule has 1 unspecified atom stereocenters. The molecule has 0 radical (unpaired) electrons. The van der Waals surface area contributed by atoms with E-state index in [2.05, 4.69) is 62.6 Å². The highest BCUT2D eigenvalue weighted by Crippen LogP contribution is 2.26. The molecule has 1 N–H and O–H groups in total. The van der Waals surface area contributed by atoms with Gasteiger partial charge in [0.2, 0.25) is 0 Å². The van der Waals surface area contributed by atoms with Gasteiger partial charge in [-0.3, -0.25) is 0 Å². The maximum atomic E-state index is 4.23. The van der Waals surface area contributed by atoms with E-state index in [1.165, 1.54) is 26.0 Å². The molecule has 0 bridgehead atoms. The van der Waals surface area contributed by atoms with Crippen LogP contribution in [0.5, 0.6) is 0 Å². The van der Waals surface area contributed by atoms with Crippen molar-refractivity contribution < 1.29 is 0 Å². The number of rotatable bonds is 4. The summed E-state index contributed by atoms with van der Waals surface area (Å²) in [7, 11) is 3.73. The lowest BCUT2D eigenvalue weighted by Gasteiger charge is -2.17. The van der Waals surface area contributed by atoms with Gasteiger partial charge in [0.15, 0.2) is 5.82 Å². The molecule has 0 saturated heterocycles. The van der Waals surface area contributed by atoms with Crippen LogP contribution in [0, 0.1) is 13.8 Å². The van der Waals surface area contributed by atoms with E-state index in [-0.39, 0.29) is 6.04 Å². The van der Waals surface area contributed by atoms with Gasteiger partial charge in [-0.05, 0) is 42.8 Å². The molecule has 1 aromatic heterocycles. The first-order valence-corrected chi connectivity index (χ1v) is 6.97. The van der Waals surface area contributed by atoms with Crippen LogP contribution >= 0.6 is 15.9 Å². The predicted molar refractivity (Wildman–Crippen MR) is 77.9 cm³/mol. The van der Waals surface area contributed by atoms with Crippen LogP contribution < -0.4 is 5.32 Å². The molecular formula is C13H18BrN5. The van der Waals surface area contributed by atoms with Crippen LogP contribution in [-0.4, -0.2) is 27.3 Å². The fourth-order valence-electron chi connectivity index (χ4n) is 2.15. The second kappa shape index (κ2) is 5.79. The highest BCUT2D eigenvalue weighted by Gasteiger charge is 2.15. The number of likely N-dealkylation sites (N-methyl/N-ethyl adjacent to an activating group) is 1. The summed E-state index contributed by atoms with van der Waals surface area (Å²) in [4.78, 5) is 1.49. The lowest BCUT2D eigenvalue weighted by Crippen LogP contribution is -2.20. The van der Waals surface area contributed by atoms with Crippen molar-refractivity contribution in [2.24, 2.45) is 7.05 Å². The Kier molecular flexibility index (Phi) is 4.31. The number of hydrogen-bond donors (Lipinski definition) is 1. The van der Waals surface area contributed by atoms with Gasteiger partial charge in [0.25, 0.3) is 0 Å². The van der Waals surface area contributed by atoms with Crippen LogP contribution in [0.15, 0.2) is 16.6 Å². The van der Waals surface area contributed by atoms with Gasteiger partial charge < -0.3 is 5.32 Å². The summed E-state index contributed by atoms with van der Waals surface area (Å²) in [5.41, 5.74) is 3.72. The molecule has 102 valence electrons. The normalized spacial score (nSPS) is 12.7. The van der Waals surface area contributed by atoms with Crippen molar-refractivity contribution >= 4 is 15.9 Å². The molecule has 0 saturated carbocycles. The van der Waals surface area contributed by atoms with Crippen molar-refractivity contribution in [2.75, 3.05) is 7.05 Å². The minimum atomic E-state index is 0.190. The zero-order valence-corrected chi connectivity index (χ0v) is 13.2. The van der Waals surface area contributed by atoms with Crippen molar-refractivity contribution in [3.05, 3.63) is 39.1 Å². The molecule has 1 atom stereocenters. The third-order valence-electron chi connectivity index (χ3n) is 3.15. The first-order chi connectivity index (χ1) is 9.01. The van der Waals surface area contributed by atoms with Crippen molar-refractivity contribution in [3.8, 4) is 0 Å². The van der Waals surface area contributed by atoms with Crippen LogP contribution in [0.25, 0.3) is 0 Å². The number of hydrogen-bond acceptors (Lipinski definition) is 4. The largest absolute Gasteiger partial charge is 0.313 e. The van der Waals surface area contributed by atoms with Crippen molar-refractivity contribution in [1.82, 2.24) is 25.5 Å². The monoisotopic (exact) mass is 323 g/mol. The Hall–Kier alpha value is -1.27. The molecule has 2 aromatic rings. The van der Waals surface area contributed by atoms with Crippen LogP contribution in [0.3, 0.4) is 0 Å². The molecule has 0 spiro atoms. The molecule has 19 heavy (non-hydrogen) atoms. The minimum Gasteiger partial charge on any atom is -0.313 e. The molecule has 0 aliphatic heterocycles. The fraction of sp³-hybridized carbons (Fsp3) is 0.462. The molecular weight excluding hydrogens is 306 g/mol. The fourth-order valence-corrected chi connectivity index (χ4v) is 2.38. The summed E-state index contributed by atoms with van der Waals surface area (Å²) in [5.74, 6) is 0.750. The number of benzene rings is 1. The summed E-state index contributed by atoms with van der Waals surface area (Å²) in [6.45, 7) is 4.21. The molecule has 2 rings (SSSR count). The average molecular weight is 324 g/mol. The number of tetrazole rings is 1. The zero-order chi connectivity index (χ0) is 14.0. The van der Waals surface area contributed by atoms with E-state index in [1.807, 2.05) is 7.05 Å². The molecule has 5 nitrogen and oxygen atoms in total. The van der Waals surface area contributed by atoms with E-state index in [9.17, 15) is 0 Å². The third kappa shape index (κ3) is 3.19. The van der Waals surface area contributed by atoms with Gasteiger partial charge in [-0.25, -0.2) is 0 Å². The highest BCUT2D eigenvalue weighted by atomic mass is 79.9. The molecule has 0 aliphatic rings. The lowest BCUT2D eigenvalue weighted by atomic mass is 9.99. The van der Waals surface area contributed by atoms with Gasteiger partial charge in [0.05, 0.1) is 7.05 Å². The van der Waals surface area contributed by atoms with Crippen LogP contribution in [0.4, 0.5) is 0 Å². The van der Waals surface area contributed by atoms with Gasteiger partial charge in [-0.15, -0.1) is 10.2 Å². The van der Waals surface area contributed by atoms with E-state index in [0.29, 0.717) is 0 Å². The second-order valence-corrected chi connectivity index (χ2v) is 5.50. The summed E-state index contributed by atoms with van der Waals surface area (Å²) in [6.07, 6.45) is 0.727. The Bertz CT molecular complexity index is 555. The van der Waals surface area contributed by atoms with Gasteiger partial charge in [-0.2, -0.15) is 4.80 Å². The molecule has 1 heterocycles. The summed E-state index contributed by atoms with van der Waals surface area (Å²) in [6, 6.07) is 4.57. The number of aryl methyl sites for hydroxylation is 3. The molecule has 0 aliphatic carbocycles. The minimum absolute atomic E-state index is 0.190. The van der Waals surface area contributed by atoms with Crippen molar-refractivity contribution in [1.29, 1.82) is 0 Å². The van der Waals surface area contributed by atoms with E-state index in [4.69, 9.17) is 0 Å². The maximum Gasteiger partial charge on any atom is 0.176 e.